The summed E-state index contributed by atoms with van der Waals surface area (Å²) in [7, 11) is 0. The molecule has 2 N–H and O–H groups in total. The van der Waals surface area contributed by atoms with E-state index in [-0.39, 0.29) is 11.8 Å². The molecule has 21 heavy (non-hydrogen) atoms. The lowest BCUT2D eigenvalue weighted by Gasteiger charge is -2.28. The van der Waals surface area contributed by atoms with Gasteiger partial charge in [0.15, 0.2) is 0 Å². The van der Waals surface area contributed by atoms with Crippen molar-refractivity contribution in [2.75, 3.05) is 6.54 Å². The summed E-state index contributed by atoms with van der Waals surface area (Å²) in [6.45, 7) is 0.927. The average Bonchev–Trinajstić information content (AvgIpc) is 2.49. The van der Waals surface area contributed by atoms with Crippen molar-refractivity contribution in [1.29, 1.82) is 5.26 Å². The molecule has 1 aromatic carbocycles. The molecule has 2 unspecified atom stereocenters. The van der Waals surface area contributed by atoms with E-state index in [1.165, 1.54) is 6.07 Å². The molecule has 2 rings (SSSR count). The summed E-state index contributed by atoms with van der Waals surface area (Å²) in [5, 5.41) is 21.0. The lowest BCUT2D eigenvalue weighted by Crippen LogP contribution is -2.34. The van der Waals surface area contributed by atoms with E-state index in [0.717, 1.165) is 25.7 Å². The highest BCUT2D eigenvalue weighted by molar-refractivity contribution is 5.70. The summed E-state index contributed by atoms with van der Waals surface area (Å²) >= 11 is 0. The smallest absolute Gasteiger partial charge is 0.306 e. The summed E-state index contributed by atoms with van der Waals surface area (Å²) in [6, 6.07) is 6.29. The van der Waals surface area contributed by atoms with Crippen LogP contribution in [-0.4, -0.2) is 17.6 Å². The minimum Gasteiger partial charge on any atom is -0.481 e. The SMILES string of the molecule is N#Cc1ccc(CNCC2CCCCC2C(=O)O)c(F)c1. The molecule has 0 amide bonds. The monoisotopic (exact) mass is 290 g/mol. The lowest BCUT2D eigenvalue weighted by atomic mass is 9.79. The lowest BCUT2D eigenvalue weighted by molar-refractivity contribution is -0.144. The van der Waals surface area contributed by atoms with E-state index in [0.29, 0.717) is 24.2 Å². The van der Waals surface area contributed by atoms with Crippen LogP contribution >= 0.6 is 0 Å². The second-order valence-corrected chi connectivity index (χ2v) is 5.54. The number of carboxylic acid groups (broad SMARTS) is 1. The number of rotatable bonds is 5. The second-order valence-electron chi connectivity index (χ2n) is 5.54. The molecule has 4 nitrogen and oxygen atoms in total. The van der Waals surface area contributed by atoms with Gasteiger partial charge in [0.25, 0.3) is 0 Å². The van der Waals surface area contributed by atoms with Crippen LogP contribution in [0.2, 0.25) is 0 Å². The quantitative estimate of drug-likeness (QED) is 0.874. The highest BCUT2D eigenvalue weighted by atomic mass is 19.1. The molecule has 0 saturated heterocycles. The first kappa shape index (κ1) is 15.5. The number of benzene rings is 1. The summed E-state index contributed by atoms with van der Waals surface area (Å²) < 4.78 is 13.7. The van der Waals surface area contributed by atoms with Crippen molar-refractivity contribution in [3.8, 4) is 6.07 Å². The third kappa shape index (κ3) is 4.02. The van der Waals surface area contributed by atoms with E-state index in [1.54, 1.807) is 12.1 Å². The summed E-state index contributed by atoms with van der Waals surface area (Å²) in [5.74, 6) is -1.32. The van der Waals surface area contributed by atoms with Gasteiger partial charge in [-0.15, -0.1) is 0 Å². The van der Waals surface area contributed by atoms with Gasteiger partial charge in [0.05, 0.1) is 17.6 Å². The number of halogens is 1. The molecule has 1 fully saturated rings. The summed E-state index contributed by atoms with van der Waals surface area (Å²) in [4.78, 5) is 11.2. The predicted octanol–water partition coefficient (Wildman–Crippen LogP) is 2.68. The van der Waals surface area contributed by atoms with Crippen molar-refractivity contribution >= 4 is 5.97 Å². The van der Waals surface area contributed by atoms with Crippen molar-refractivity contribution in [3.63, 3.8) is 0 Å². The third-order valence-electron chi connectivity index (χ3n) is 4.13. The molecule has 0 bridgehead atoms. The zero-order valence-electron chi connectivity index (χ0n) is 11.8. The van der Waals surface area contributed by atoms with Crippen LogP contribution in [0.3, 0.4) is 0 Å². The molecule has 1 aromatic rings. The standard InChI is InChI=1S/C16H19FN2O2/c17-15-7-11(8-18)5-6-13(15)10-19-9-12-3-1-2-4-14(12)16(20)21/h5-7,12,14,19H,1-4,9-10H2,(H,20,21). The number of nitrogens with zero attached hydrogens (tertiary/aromatic N) is 1. The van der Waals surface area contributed by atoms with Gasteiger partial charge in [0.1, 0.15) is 5.82 Å². The van der Waals surface area contributed by atoms with Crippen molar-refractivity contribution in [3.05, 3.63) is 35.1 Å². The largest absolute Gasteiger partial charge is 0.481 e. The summed E-state index contributed by atoms with van der Waals surface area (Å²) in [6.07, 6.45) is 3.66. The number of hydrogen-bond acceptors (Lipinski definition) is 3. The Bertz CT molecular complexity index is 554. The van der Waals surface area contributed by atoms with Crippen molar-refractivity contribution in [2.45, 2.75) is 32.2 Å². The van der Waals surface area contributed by atoms with Crippen LogP contribution in [0.15, 0.2) is 18.2 Å². The molecule has 1 aliphatic rings. The van der Waals surface area contributed by atoms with Crippen molar-refractivity contribution in [1.82, 2.24) is 5.32 Å². The Balaban J connectivity index is 1.89. The van der Waals surface area contributed by atoms with E-state index >= 15 is 0 Å². The molecule has 1 saturated carbocycles. The zero-order chi connectivity index (χ0) is 15.2. The van der Waals surface area contributed by atoms with E-state index in [1.807, 2.05) is 6.07 Å². The van der Waals surface area contributed by atoms with Crippen LogP contribution in [0.4, 0.5) is 4.39 Å². The number of carbonyl (C=O) groups is 1. The topological polar surface area (TPSA) is 73.1 Å². The van der Waals surface area contributed by atoms with Gasteiger partial charge in [-0.05, 0) is 37.4 Å². The van der Waals surface area contributed by atoms with Gasteiger partial charge < -0.3 is 10.4 Å². The molecule has 0 radical (unpaired) electrons. The van der Waals surface area contributed by atoms with E-state index < -0.39 is 11.8 Å². The fraction of sp³-hybridized carbons (Fsp3) is 0.500. The molecule has 2 atom stereocenters. The molecule has 0 heterocycles. The van der Waals surface area contributed by atoms with Crippen LogP contribution in [-0.2, 0) is 11.3 Å². The minimum atomic E-state index is -0.731. The van der Waals surface area contributed by atoms with Gasteiger partial charge in [-0.25, -0.2) is 4.39 Å². The maximum Gasteiger partial charge on any atom is 0.306 e. The average molecular weight is 290 g/mol. The molecular formula is C16H19FN2O2. The minimum absolute atomic E-state index is 0.109. The number of nitrogens with one attached hydrogen (secondary N) is 1. The number of nitriles is 1. The van der Waals surface area contributed by atoms with Gasteiger partial charge in [0.2, 0.25) is 0 Å². The molecule has 0 aromatic heterocycles. The van der Waals surface area contributed by atoms with E-state index in [4.69, 9.17) is 5.26 Å². The van der Waals surface area contributed by atoms with Gasteiger partial charge in [-0.3, -0.25) is 4.79 Å². The molecule has 1 aliphatic carbocycles. The molecular weight excluding hydrogens is 271 g/mol. The Morgan fingerprint density at radius 1 is 1.43 bits per heavy atom. The Kier molecular flexibility index (Phi) is 5.29. The molecule has 112 valence electrons. The third-order valence-corrected chi connectivity index (χ3v) is 4.13. The first-order valence-electron chi connectivity index (χ1n) is 7.24. The molecule has 0 spiro atoms. The fourth-order valence-electron chi connectivity index (χ4n) is 2.93. The predicted molar refractivity (Wildman–Crippen MR) is 75.9 cm³/mol. The molecule has 0 aliphatic heterocycles. The first-order valence-corrected chi connectivity index (χ1v) is 7.24. The van der Waals surface area contributed by atoms with Gasteiger partial charge in [-0.2, -0.15) is 5.26 Å². The second kappa shape index (κ2) is 7.19. The van der Waals surface area contributed by atoms with Gasteiger partial charge >= 0.3 is 5.97 Å². The normalized spacial score (nSPS) is 21.7. The van der Waals surface area contributed by atoms with Crippen LogP contribution in [0.5, 0.6) is 0 Å². The van der Waals surface area contributed by atoms with E-state index in [9.17, 15) is 14.3 Å². The number of carboxylic acids is 1. The van der Waals surface area contributed by atoms with Gasteiger partial charge in [0, 0.05) is 12.1 Å². The van der Waals surface area contributed by atoms with Crippen LogP contribution in [0, 0.1) is 29.0 Å². The zero-order valence-corrected chi connectivity index (χ0v) is 11.8. The highest BCUT2D eigenvalue weighted by Gasteiger charge is 2.30. The number of aliphatic carboxylic acids is 1. The first-order chi connectivity index (χ1) is 10.1. The van der Waals surface area contributed by atoms with Crippen LogP contribution in [0.25, 0.3) is 0 Å². The highest BCUT2D eigenvalue weighted by Crippen LogP contribution is 2.29. The van der Waals surface area contributed by atoms with Crippen molar-refractivity contribution in [2.24, 2.45) is 11.8 Å². The Labute approximate surface area is 123 Å². The Morgan fingerprint density at radius 2 is 2.19 bits per heavy atom. The van der Waals surface area contributed by atoms with Crippen LogP contribution in [0.1, 0.15) is 36.8 Å². The maximum atomic E-state index is 13.7. The number of hydrogen-bond donors (Lipinski definition) is 2. The maximum absolute atomic E-state index is 13.7. The molecule has 5 heteroatoms. The van der Waals surface area contributed by atoms with Crippen LogP contribution < -0.4 is 5.32 Å². The summed E-state index contributed by atoms with van der Waals surface area (Å²) in [5.41, 5.74) is 0.797. The Morgan fingerprint density at radius 3 is 2.86 bits per heavy atom. The van der Waals surface area contributed by atoms with Crippen molar-refractivity contribution < 1.29 is 14.3 Å². The van der Waals surface area contributed by atoms with E-state index in [2.05, 4.69) is 5.32 Å². The Hall–Kier alpha value is -1.93. The van der Waals surface area contributed by atoms with Gasteiger partial charge in [-0.1, -0.05) is 18.9 Å². The fourth-order valence-corrected chi connectivity index (χ4v) is 2.93.